The van der Waals surface area contributed by atoms with Crippen LogP contribution in [0.2, 0.25) is 0 Å². The summed E-state index contributed by atoms with van der Waals surface area (Å²) in [6.07, 6.45) is 6.30. The van der Waals surface area contributed by atoms with Gasteiger partial charge in [-0.15, -0.1) is 23.5 Å². The molecule has 4 amide bonds. The van der Waals surface area contributed by atoms with Gasteiger partial charge in [0.1, 0.15) is 24.2 Å². The van der Waals surface area contributed by atoms with Crippen molar-refractivity contribution in [3.05, 3.63) is 71.8 Å². The molecule has 6 rings (SSSR count). The number of unbranched alkanes of at least 4 members (excludes halogenated alkanes) is 3. The summed E-state index contributed by atoms with van der Waals surface area (Å²) in [5.74, 6) is 1.08. The molecule has 4 saturated heterocycles. The molecule has 0 unspecified atom stereocenters. The van der Waals surface area contributed by atoms with Crippen LogP contribution in [0.3, 0.4) is 0 Å². The SMILES string of the molecule is CN[C@@H](C)C(=S)N[C@H]1CCS[C@H]2CC(C)(C)[C@@H](C(=O)N[C@H](COCCCCCCOC[C@@H](NC(=O)[C@H]3N4C(=O)[C@@H](NC(=S)[C@H](C)NC)CCS[C@H]4CC3(C)C)c3ccccc3)c3ccccc3)N2C1=O. The normalized spacial score (nSPS) is 25.6. The Hall–Kier alpha value is -3.36. The zero-order valence-electron chi connectivity index (χ0n) is 42.4. The van der Waals surface area contributed by atoms with Gasteiger partial charge in [0, 0.05) is 13.2 Å². The van der Waals surface area contributed by atoms with E-state index in [0.717, 1.165) is 61.2 Å². The van der Waals surface area contributed by atoms with Crippen LogP contribution >= 0.6 is 48.0 Å². The monoisotopic (exact) mass is 1040 g/mol. The van der Waals surface area contributed by atoms with Crippen LogP contribution in [0.15, 0.2) is 60.7 Å². The lowest BCUT2D eigenvalue weighted by atomic mass is 9.83. The third-order valence-electron chi connectivity index (χ3n) is 14.3. The summed E-state index contributed by atoms with van der Waals surface area (Å²) < 4.78 is 12.5. The van der Waals surface area contributed by atoms with Gasteiger partial charge in [0.2, 0.25) is 23.6 Å². The number of hydrogen-bond acceptors (Lipinski definition) is 12. The molecule has 6 N–H and O–H groups in total. The van der Waals surface area contributed by atoms with Gasteiger partial charge in [0.15, 0.2) is 0 Å². The summed E-state index contributed by atoms with van der Waals surface area (Å²) in [4.78, 5) is 62.1. The molecule has 0 saturated carbocycles. The fraction of sp³-hybridized carbons (Fsp3) is 0.654. The minimum atomic E-state index is -0.646. The van der Waals surface area contributed by atoms with E-state index in [1.165, 1.54) is 0 Å². The van der Waals surface area contributed by atoms with E-state index in [4.69, 9.17) is 33.9 Å². The maximum atomic E-state index is 14.4. The molecule has 4 aliphatic heterocycles. The minimum absolute atomic E-state index is 0.0789. The Bertz CT molecular complexity index is 1940. The van der Waals surface area contributed by atoms with Gasteiger partial charge in [0.25, 0.3) is 0 Å². The number of likely N-dealkylation sites (N-methyl/N-ethyl adjacent to an activating group) is 2. The van der Waals surface area contributed by atoms with Gasteiger partial charge in [-0.2, -0.15) is 0 Å². The number of benzene rings is 2. The third kappa shape index (κ3) is 14.2. The van der Waals surface area contributed by atoms with Gasteiger partial charge in [-0.1, -0.05) is 126 Å². The van der Waals surface area contributed by atoms with E-state index in [-0.39, 0.29) is 46.5 Å². The van der Waals surface area contributed by atoms with Gasteiger partial charge in [0.05, 0.1) is 58.1 Å². The number of ether oxygens (including phenoxy) is 2. The average molecular weight is 1040 g/mol. The van der Waals surface area contributed by atoms with Crippen molar-refractivity contribution in [3.63, 3.8) is 0 Å². The highest BCUT2D eigenvalue weighted by atomic mass is 32.2. The van der Waals surface area contributed by atoms with E-state index in [1.54, 1.807) is 23.5 Å². The Balaban J connectivity index is 0.978. The number of carbonyl (C=O) groups excluding carboxylic acids is 4. The molecule has 0 aromatic heterocycles. The molecule has 18 heteroatoms. The van der Waals surface area contributed by atoms with E-state index >= 15 is 0 Å². The van der Waals surface area contributed by atoms with Crippen LogP contribution in [-0.2, 0) is 28.7 Å². The van der Waals surface area contributed by atoms with Crippen LogP contribution in [0.1, 0.15) is 116 Å². The van der Waals surface area contributed by atoms with Gasteiger partial charge < -0.3 is 51.2 Å². The molecule has 0 radical (unpaired) electrons. The highest BCUT2D eigenvalue weighted by Crippen LogP contribution is 2.48. The van der Waals surface area contributed by atoms with Gasteiger partial charge in [-0.05, 0) is 99.9 Å². The van der Waals surface area contributed by atoms with Crippen molar-refractivity contribution in [1.29, 1.82) is 0 Å². The second-order valence-electron chi connectivity index (χ2n) is 20.6. The van der Waals surface area contributed by atoms with Gasteiger partial charge >= 0.3 is 0 Å². The van der Waals surface area contributed by atoms with E-state index < -0.39 is 47.1 Å². The first-order valence-corrected chi connectivity index (χ1v) is 28.1. The van der Waals surface area contributed by atoms with E-state index in [1.807, 2.05) is 98.4 Å². The fourth-order valence-electron chi connectivity index (χ4n) is 10.0. The third-order valence-corrected chi connectivity index (χ3v) is 17.8. The predicted octanol–water partition coefficient (Wildman–Crippen LogP) is 6.26. The molecule has 14 nitrogen and oxygen atoms in total. The van der Waals surface area contributed by atoms with Crippen LogP contribution in [0.25, 0.3) is 0 Å². The number of rotatable bonds is 23. The molecule has 2 aromatic carbocycles. The lowest BCUT2D eigenvalue weighted by molar-refractivity contribution is -0.142. The van der Waals surface area contributed by atoms with Crippen molar-refractivity contribution in [2.45, 2.75) is 152 Å². The van der Waals surface area contributed by atoms with E-state index in [9.17, 15) is 19.2 Å². The zero-order valence-corrected chi connectivity index (χ0v) is 45.7. The Labute approximate surface area is 436 Å². The number of nitrogens with one attached hydrogen (secondary N) is 6. The number of thiocarbonyl (C=S) groups is 2. The summed E-state index contributed by atoms with van der Waals surface area (Å²) in [5, 5.41) is 19.3. The second kappa shape index (κ2) is 26.0. The van der Waals surface area contributed by atoms with Crippen LogP contribution in [0.5, 0.6) is 0 Å². The number of amides is 4. The predicted molar refractivity (Wildman–Crippen MR) is 291 cm³/mol. The molecule has 4 fully saturated rings. The number of hydrogen-bond donors (Lipinski definition) is 6. The fourth-order valence-corrected chi connectivity index (χ4v) is 13.7. The number of carbonyl (C=O) groups is 4. The van der Waals surface area contributed by atoms with Crippen LogP contribution in [-0.4, -0.2) is 142 Å². The molecule has 4 aliphatic rings. The number of thioether (sulfide) groups is 2. The van der Waals surface area contributed by atoms with Crippen molar-refractivity contribution in [3.8, 4) is 0 Å². The van der Waals surface area contributed by atoms with E-state index in [0.29, 0.717) is 49.2 Å². The molecule has 386 valence electrons. The van der Waals surface area contributed by atoms with Crippen molar-refractivity contribution >= 4 is 81.6 Å². The standard InChI is InChI=1S/C52H78N8O6S4/c1-33(53-7)47(67)57-37-23-27-69-41-29-51(3,4)43(59(41)49(37)63)45(61)55-39(35-19-13-11-14-20-35)31-65-25-17-9-10-18-26-66-32-40(36-21-15-12-16-22-36)56-46(62)44-52(5,6)30-42-60(44)50(64)38(24-28-70-42)58-48(68)34(2)54-8/h11-16,19-22,33-34,37-44,53-54H,9-10,17-18,23-32H2,1-8H3,(H,55,61)(H,56,62)(H,57,67)(H,58,68)/t33-,34-,37-,38-,39+,40+,41-,42-,43+,44+/m0/s1. The highest BCUT2D eigenvalue weighted by Gasteiger charge is 2.56. The van der Waals surface area contributed by atoms with Gasteiger partial charge in [-0.25, -0.2) is 0 Å². The van der Waals surface area contributed by atoms with Gasteiger partial charge in [-0.3, -0.25) is 19.2 Å². The number of nitrogens with zero attached hydrogens (tertiary/aromatic N) is 2. The van der Waals surface area contributed by atoms with Crippen molar-refractivity contribution in [2.75, 3.05) is 52.0 Å². The first-order valence-electron chi connectivity index (χ1n) is 25.2. The summed E-state index contributed by atoms with van der Waals surface area (Å²) >= 11 is 14.7. The zero-order chi connectivity index (χ0) is 50.6. The average Bonchev–Trinajstić information content (AvgIpc) is 3.66. The van der Waals surface area contributed by atoms with Crippen LogP contribution in [0, 0.1) is 10.8 Å². The first-order chi connectivity index (χ1) is 33.5. The van der Waals surface area contributed by atoms with Crippen LogP contribution in [0.4, 0.5) is 0 Å². The molecule has 0 bridgehead atoms. The van der Waals surface area contributed by atoms with Crippen molar-refractivity contribution in [2.24, 2.45) is 10.8 Å². The quantitative estimate of drug-likeness (QED) is 0.0546. The summed E-state index contributed by atoms with van der Waals surface area (Å²) in [7, 11) is 3.68. The van der Waals surface area contributed by atoms with E-state index in [2.05, 4.69) is 59.6 Å². The maximum absolute atomic E-state index is 14.4. The van der Waals surface area contributed by atoms with Crippen molar-refractivity contribution in [1.82, 2.24) is 41.7 Å². The molecule has 10 atom stereocenters. The Morgan fingerprint density at radius 3 is 1.37 bits per heavy atom. The van der Waals surface area contributed by atoms with Crippen molar-refractivity contribution < 1.29 is 28.7 Å². The lowest BCUT2D eigenvalue weighted by Gasteiger charge is -2.35. The molecular weight excluding hydrogens is 961 g/mol. The molecule has 2 aromatic rings. The minimum Gasteiger partial charge on any atom is -0.379 e. The largest absolute Gasteiger partial charge is 0.379 e. The first kappa shape index (κ1) is 55.9. The molecule has 0 aliphatic carbocycles. The Kier molecular flexibility index (Phi) is 20.8. The summed E-state index contributed by atoms with van der Waals surface area (Å²) in [5.41, 5.74) is 1.02. The number of fused-ring (bicyclic) bond motifs is 2. The molecule has 0 spiro atoms. The van der Waals surface area contributed by atoms with Crippen LogP contribution < -0.4 is 31.9 Å². The topological polar surface area (TPSA) is 165 Å². The lowest BCUT2D eigenvalue weighted by Crippen LogP contribution is -2.58. The Morgan fingerprint density at radius 1 is 0.643 bits per heavy atom. The molecule has 4 heterocycles. The maximum Gasteiger partial charge on any atom is 0.246 e. The summed E-state index contributed by atoms with van der Waals surface area (Å²) in [6, 6.07) is 16.5. The smallest absolute Gasteiger partial charge is 0.246 e. The molecule has 70 heavy (non-hydrogen) atoms. The molecular formula is C52H78N8O6S4. The second-order valence-corrected chi connectivity index (χ2v) is 24.0. The summed E-state index contributed by atoms with van der Waals surface area (Å²) in [6.45, 7) is 13.9. The Morgan fingerprint density at radius 2 is 1.01 bits per heavy atom. The highest BCUT2D eigenvalue weighted by molar-refractivity contribution is 8.00.